The Kier molecular flexibility index (Phi) is 4.29. The molecule has 114 valence electrons. The standard InChI is InChI=1S/C18H13FN2O2/c19-14-6-4-7-15(12-14)21-18(22)13-5-3-8-16(11-13)23-17-9-1-2-10-20-17/h1-12H,(H,21,22). The molecule has 0 unspecified atom stereocenters. The highest BCUT2D eigenvalue weighted by atomic mass is 19.1. The van der Waals surface area contributed by atoms with Gasteiger partial charge in [0.2, 0.25) is 5.88 Å². The van der Waals surface area contributed by atoms with E-state index in [9.17, 15) is 9.18 Å². The molecule has 0 radical (unpaired) electrons. The summed E-state index contributed by atoms with van der Waals surface area (Å²) >= 11 is 0. The lowest BCUT2D eigenvalue weighted by Crippen LogP contribution is -2.11. The van der Waals surface area contributed by atoms with Crippen LogP contribution in [-0.2, 0) is 0 Å². The third-order valence-corrected chi connectivity index (χ3v) is 3.04. The van der Waals surface area contributed by atoms with E-state index in [0.29, 0.717) is 22.9 Å². The molecule has 23 heavy (non-hydrogen) atoms. The second-order valence-corrected chi connectivity index (χ2v) is 4.76. The van der Waals surface area contributed by atoms with Gasteiger partial charge in [-0.1, -0.05) is 18.2 Å². The average Bonchev–Trinajstić information content (AvgIpc) is 2.56. The molecule has 0 aliphatic rings. The smallest absolute Gasteiger partial charge is 0.255 e. The number of nitrogens with one attached hydrogen (secondary N) is 1. The van der Waals surface area contributed by atoms with Gasteiger partial charge in [0, 0.05) is 23.5 Å². The second-order valence-electron chi connectivity index (χ2n) is 4.76. The number of nitrogens with zero attached hydrogens (tertiary/aromatic N) is 1. The van der Waals surface area contributed by atoms with Crippen molar-refractivity contribution in [3.8, 4) is 11.6 Å². The minimum Gasteiger partial charge on any atom is -0.439 e. The molecule has 2 aromatic carbocycles. The summed E-state index contributed by atoms with van der Waals surface area (Å²) < 4.78 is 18.7. The molecule has 1 heterocycles. The topological polar surface area (TPSA) is 51.2 Å². The van der Waals surface area contributed by atoms with Gasteiger partial charge in [0.15, 0.2) is 0 Å². The molecule has 0 aliphatic carbocycles. The third kappa shape index (κ3) is 3.91. The number of hydrogen-bond acceptors (Lipinski definition) is 3. The largest absolute Gasteiger partial charge is 0.439 e. The van der Waals surface area contributed by atoms with Gasteiger partial charge in [-0.3, -0.25) is 4.79 Å². The van der Waals surface area contributed by atoms with Crippen LogP contribution in [0.5, 0.6) is 11.6 Å². The van der Waals surface area contributed by atoms with Crippen molar-refractivity contribution in [3.63, 3.8) is 0 Å². The van der Waals surface area contributed by atoms with E-state index in [1.165, 1.54) is 18.2 Å². The normalized spacial score (nSPS) is 10.1. The van der Waals surface area contributed by atoms with Crippen molar-refractivity contribution in [1.29, 1.82) is 0 Å². The molecule has 0 spiro atoms. The molecule has 4 nitrogen and oxygen atoms in total. The van der Waals surface area contributed by atoms with Gasteiger partial charge in [-0.15, -0.1) is 0 Å². The van der Waals surface area contributed by atoms with E-state index >= 15 is 0 Å². The molecule has 0 fully saturated rings. The molecule has 0 saturated carbocycles. The van der Waals surface area contributed by atoms with Crippen LogP contribution in [0, 0.1) is 5.82 Å². The van der Waals surface area contributed by atoms with Gasteiger partial charge in [0.1, 0.15) is 11.6 Å². The van der Waals surface area contributed by atoms with Crippen LogP contribution in [0.3, 0.4) is 0 Å². The van der Waals surface area contributed by atoms with Crippen LogP contribution in [0.25, 0.3) is 0 Å². The van der Waals surface area contributed by atoms with Gasteiger partial charge in [-0.05, 0) is 42.5 Å². The highest BCUT2D eigenvalue weighted by Crippen LogP contribution is 2.20. The zero-order chi connectivity index (χ0) is 16.1. The van der Waals surface area contributed by atoms with Gasteiger partial charge in [0.05, 0.1) is 0 Å². The molecule has 1 N–H and O–H groups in total. The fraction of sp³-hybridized carbons (Fsp3) is 0. The number of pyridine rings is 1. The monoisotopic (exact) mass is 308 g/mol. The van der Waals surface area contributed by atoms with Crippen LogP contribution in [0.15, 0.2) is 72.9 Å². The van der Waals surface area contributed by atoms with Crippen molar-refractivity contribution in [3.05, 3.63) is 84.3 Å². The van der Waals surface area contributed by atoms with Crippen LogP contribution in [-0.4, -0.2) is 10.9 Å². The Bertz CT molecular complexity index is 822. The van der Waals surface area contributed by atoms with E-state index in [2.05, 4.69) is 10.3 Å². The number of benzene rings is 2. The van der Waals surface area contributed by atoms with Gasteiger partial charge in [-0.25, -0.2) is 9.37 Å². The van der Waals surface area contributed by atoms with E-state index in [4.69, 9.17) is 4.74 Å². The van der Waals surface area contributed by atoms with E-state index in [1.807, 2.05) is 6.07 Å². The zero-order valence-corrected chi connectivity index (χ0v) is 12.1. The number of ether oxygens (including phenoxy) is 1. The summed E-state index contributed by atoms with van der Waals surface area (Å²) in [5, 5.41) is 2.64. The first kappa shape index (κ1) is 14.7. The molecular weight excluding hydrogens is 295 g/mol. The molecule has 0 aliphatic heterocycles. The summed E-state index contributed by atoms with van der Waals surface area (Å²) in [6.45, 7) is 0. The third-order valence-electron chi connectivity index (χ3n) is 3.04. The minimum atomic E-state index is -0.407. The van der Waals surface area contributed by atoms with E-state index in [1.54, 1.807) is 48.7 Å². The van der Waals surface area contributed by atoms with E-state index in [-0.39, 0.29) is 5.91 Å². The van der Waals surface area contributed by atoms with Gasteiger partial charge >= 0.3 is 0 Å². The SMILES string of the molecule is O=C(Nc1cccc(F)c1)c1cccc(Oc2ccccn2)c1. The Morgan fingerprint density at radius 2 is 1.87 bits per heavy atom. The second kappa shape index (κ2) is 6.70. The van der Waals surface area contributed by atoms with Crippen molar-refractivity contribution < 1.29 is 13.9 Å². The maximum atomic E-state index is 13.1. The number of amides is 1. The zero-order valence-electron chi connectivity index (χ0n) is 12.1. The number of rotatable bonds is 4. The van der Waals surface area contributed by atoms with Crippen LogP contribution < -0.4 is 10.1 Å². The molecule has 1 amide bonds. The fourth-order valence-corrected chi connectivity index (χ4v) is 2.00. The Labute approximate surface area is 132 Å². The number of carbonyl (C=O) groups is 1. The first-order valence-electron chi connectivity index (χ1n) is 6.96. The maximum Gasteiger partial charge on any atom is 0.255 e. The lowest BCUT2D eigenvalue weighted by molar-refractivity contribution is 0.102. The number of carbonyl (C=O) groups excluding carboxylic acids is 1. The summed E-state index contributed by atoms with van der Waals surface area (Å²) in [6.07, 6.45) is 1.62. The molecule has 1 aromatic heterocycles. The van der Waals surface area contributed by atoms with E-state index < -0.39 is 5.82 Å². The predicted octanol–water partition coefficient (Wildman–Crippen LogP) is 4.27. The van der Waals surface area contributed by atoms with Crippen molar-refractivity contribution in [2.75, 3.05) is 5.32 Å². The van der Waals surface area contributed by atoms with Gasteiger partial charge in [0.25, 0.3) is 5.91 Å². The first-order valence-corrected chi connectivity index (χ1v) is 6.96. The first-order chi connectivity index (χ1) is 11.2. The highest BCUT2D eigenvalue weighted by molar-refractivity contribution is 6.04. The quantitative estimate of drug-likeness (QED) is 0.783. The summed E-state index contributed by atoms with van der Waals surface area (Å²) in [6, 6.07) is 17.7. The Hall–Kier alpha value is -3.21. The molecule has 0 bridgehead atoms. The van der Waals surface area contributed by atoms with Crippen LogP contribution in [0.4, 0.5) is 10.1 Å². The van der Waals surface area contributed by atoms with Gasteiger partial charge in [-0.2, -0.15) is 0 Å². The van der Waals surface area contributed by atoms with Crippen molar-refractivity contribution >= 4 is 11.6 Å². The Morgan fingerprint density at radius 3 is 2.65 bits per heavy atom. The Balaban J connectivity index is 1.75. The highest BCUT2D eigenvalue weighted by Gasteiger charge is 2.08. The van der Waals surface area contributed by atoms with Crippen molar-refractivity contribution in [2.24, 2.45) is 0 Å². The number of aromatic nitrogens is 1. The van der Waals surface area contributed by atoms with Crippen molar-refractivity contribution in [1.82, 2.24) is 4.98 Å². The summed E-state index contributed by atoms with van der Waals surface area (Å²) in [5.41, 5.74) is 0.800. The number of anilines is 1. The number of hydrogen-bond donors (Lipinski definition) is 1. The van der Waals surface area contributed by atoms with Gasteiger partial charge < -0.3 is 10.1 Å². The Morgan fingerprint density at radius 1 is 1.00 bits per heavy atom. The molecule has 5 heteroatoms. The molecule has 3 rings (SSSR count). The lowest BCUT2D eigenvalue weighted by Gasteiger charge is -2.08. The summed E-state index contributed by atoms with van der Waals surface area (Å²) in [5.74, 6) is 0.183. The molecule has 0 saturated heterocycles. The average molecular weight is 308 g/mol. The van der Waals surface area contributed by atoms with Crippen LogP contribution in [0.2, 0.25) is 0 Å². The van der Waals surface area contributed by atoms with Crippen molar-refractivity contribution in [2.45, 2.75) is 0 Å². The summed E-state index contributed by atoms with van der Waals surface area (Å²) in [7, 11) is 0. The summed E-state index contributed by atoms with van der Waals surface area (Å²) in [4.78, 5) is 16.3. The van der Waals surface area contributed by atoms with Crippen LogP contribution in [0.1, 0.15) is 10.4 Å². The fourth-order valence-electron chi connectivity index (χ4n) is 2.00. The minimum absolute atomic E-state index is 0.345. The van der Waals surface area contributed by atoms with E-state index in [0.717, 1.165) is 0 Å². The molecule has 3 aromatic rings. The predicted molar refractivity (Wildman–Crippen MR) is 85.1 cm³/mol. The molecular formula is C18H13FN2O2. The molecule has 0 atom stereocenters. The number of halogens is 1. The maximum absolute atomic E-state index is 13.1. The van der Waals surface area contributed by atoms with Crippen LogP contribution >= 0.6 is 0 Å². The lowest BCUT2D eigenvalue weighted by atomic mass is 10.2.